The van der Waals surface area contributed by atoms with E-state index in [0.717, 1.165) is 0 Å². The summed E-state index contributed by atoms with van der Waals surface area (Å²) in [6, 6.07) is -1.47. The zero-order valence-electron chi connectivity index (χ0n) is 11.5. The number of anilines is 1. The van der Waals surface area contributed by atoms with Crippen LogP contribution in [0.1, 0.15) is 8.22 Å². The van der Waals surface area contributed by atoms with Crippen LogP contribution in [-0.2, 0) is 0 Å². The monoisotopic (exact) mass is 150 g/mol. The number of nitrogens with two attached hydrogens (primary N) is 1. The predicted molar refractivity (Wildman–Crippen MR) is 46.2 cm³/mol. The molecule has 1 heterocycles. The number of benzene rings is 1. The van der Waals surface area contributed by atoms with E-state index >= 15 is 0 Å². The maximum absolute atomic E-state index is 7.68. The smallest absolute Gasteiger partial charge is 0.0847 e. The van der Waals surface area contributed by atoms with E-state index in [4.69, 9.17) is 14.0 Å². The molecule has 0 saturated carbocycles. The van der Waals surface area contributed by atoms with E-state index in [2.05, 4.69) is 4.98 Å². The number of fused-ring (bicyclic) bond motifs is 1. The third kappa shape index (κ3) is 0.923. The molecule has 0 aliphatic rings. The van der Waals surface area contributed by atoms with Gasteiger partial charge in [-0.05, 0) is 17.5 Å². The standard InChI is InChI=1S/C9H8N2/c10-9-3-1-2-7-4-5-11-6-8(7)9/h1-6H,10H2/i1D,2D,3D,4D,5D,6D. The molecule has 0 fully saturated rings. The van der Waals surface area contributed by atoms with Crippen molar-refractivity contribution in [2.45, 2.75) is 0 Å². The van der Waals surface area contributed by atoms with Crippen molar-refractivity contribution < 1.29 is 8.22 Å². The Morgan fingerprint density at radius 3 is 3.18 bits per heavy atom. The Morgan fingerprint density at radius 1 is 1.36 bits per heavy atom. The van der Waals surface area contributed by atoms with E-state index in [0.29, 0.717) is 0 Å². The first kappa shape index (κ1) is 2.48. The van der Waals surface area contributed by atoms with Crippen molar-refractivity contribution in [3.63, 3.8) is 0 Å². The average molecular weight is 150 g/mol. The lowest BCUT2D eigenvalue weighted by atomic mass is 10.1. The second-order valence-electron chi connectivity index (χ2n) is 2.00. The van der Waals surface area contributed by atoms with Gasteiger partial charge in [0.05, 0.1) is 8.22 Å². The van der Waals surface area contributed by atoms with E-state index < -0.39 is 12.2 Å². The Bertz CT molecular complexity index is 640. The van der Waals surface area contributed by atoms with Gasteiger partial charge in [-0.2, -0.15) is 0 Å². The van der Waals surface area contributed by atoms with E-state index in [9.17, 15) is 0 Å². The van der Waals surface area contributed by atoms with Crippen LogP contribution in [0.2, 0.25) is 0 Å². The summed E-state index contributed by atoms with van der Waals surface area (Å²) in [4.78, 5) is 3.51. The quantitative estimate of drug-likeness (QED) is 0.582. The van der Waals surface area contributed by atoms with Crippen molar-refractivity contribution in [2.75, 3.05) is 5.73 Å². The largest absolute Gasteiger partial charge is 0.398 e. The highest BCUT2D eigenvalue weighted by Crippen LogP contribution is 2.18. The number of rotatable bonds is 0. The van der Waals surface area contributed by atoms with Gasteiger partial charge in [-0.15, -0.1) is 0 Å². The molecule has 2 rings (SSSR count). The third-order valence-corrected chi connectivity index (χ3v) is 1.31. The summed E-state index contributed by atoms with van der Waals surface area (Å²) in [5, 5.41) is -0.0644. The molecule has 2 N–H and O–H groups in total. The summed E-state index contributed by atoms with van der Waals surface area (Å²) in [6.45, 7) is 0. The van der Waals surface area contributed by atoms with Gasteiger partial charge in [0.15, 0.2) is 0 Å². The van der Waals surface area contributed by atoms with Crippen LogP contribution < -0.4 is 5.73 Å². The highest BCUT2D eigenvalue weighted by atomic mass is 14.6. The molecule has 0 saturated heterocycles. The summed E-state index contributed by atoms with van der Waals surface area (Å²) in [5.41, 5.74) is 5.47. The lowest BCUT2D eigenvalue weighted by molar-refractivity contribution is 1.36. The minimum Gasteiger partial charge on any atom is -0.398 e. The molecule has 0 bridgehead atoms. The Kier molecular flexibility index (Phi) is 0.504. The lowest BCUT2D eigenvalue weighted by Gasteiger charge is -1.98. The van der Waals surface area contributed by atoms with Crippen LogP contribution in [0.3, 0.4) is 0 Å². The molecule has 0 aliphatic heterocycles. The lowest BCUT2D eigenvalue weighted by Crippen LogP contribution is -1.86. The van der Waals surface area contributed by atoms with Gasteiger partial charge in [-0.3, -0.25) is 4.98 Å². The third-order valence-electron chi connectivity index (χ3n) is 1.31. The van der Waals surface area contributed by atoms with Crippen molar-refractivity contribution >= 4 is 16.5 Å². The molecule has 0 amide bonds. The molecule has 2 heteroatoms. The fraction of sp³-hybridized carbons (Fsp3) is 0. The highest BCUT2D eigenvalue weighted by Gasteiger charge is 1.93. The Labute approximate surface area is 73.1 Å². The Morgan fingerprint density at radius 2 is 2.27 bits per heavy atom. The zero-order chi connectivity index (χ0) is 12.9. The van der Waals surface area contributed by atoms with Crippen LogP contribution in [0.25, 0.3) is 10.8 Å². The average Bonchev–Trinajstić information content (AvgIpc) is 2.28. The molecular weight excluding hydrogens is 136 g/mol. The second-order valence-corrected chi connectivity index (χ2v) is 2.00. The van der Waals surface area contributed by atoms with Crippen molar-refractivity contribution in [1.82, 2.24) is 4.98 Å². The Balaban J connectivity index is 3.17. The van der Waals surface area contributed by atoms with Crippen LogP contribution in [0, 0.1) is 0 Å². The SMILES string of the molecule is [2H]c1nc([2H])c2c(N)c([2H])c([2H])c([2H])c2c1[2H]. The molecule has 0 aliphatic carbocycles. The molecule has 0 radical (unpaired) electrons. The fourth-order valence-corrected chi connectivity index (χ4v) is 0.798. The molecule has 1 aromatic carbocycles. The summed E-state index contributed by atoms with van der Waals surface area (Å²) in [6.07, 6.45) is -0.784. The van der Waals surface area contributed by atoms with Gasteiger partial charge in [0.25, 0.3) is 0 Å². The minimum absolute atomic E-state index is 0.00278. The van der Waals surface area contributed by atoms with Crippen LogP contribution in [0.15, 0.2) is 36.5 Å². The van der Waals surface area contributed by atoms with Crippen molar-refractivity contribution in [1.29, 1.82) is 0 Å². The molecular formula is C9H8N2. The summed E-state index contributed by atoms with van der Waals surface area (Å²) in [7, 11) is 0. The van der Waals surface area contributed by atoms with Crippen LogP contribution in [0.5, 0.6) is 0 Å². The summed E-state index contributed by atoms with van der Waals surface area (Å²) < 4.78 is 45.3. The van der Waals surface area contributed by atoms with Gasteiger partial charge < -0.3 is 5.73 Å². The molecule has 1 aromatic heterocycles. The molecule has 0 unspecified atom stereocenters. The van der Waals surface area contributed by atoms with E-state index in [1.54, 1.807) is 0 Å². The molecule has 0 atom stereocenters. The first-order chi connectivity index (χ1) is 7.86. The Hall–Kier alpha value is -1.57. The number of pyridine rings is 1. The molecule has 2 nitrogen and oxygen atoms in total. The molecule has 2 aromatic rings. The van der Waals surface area contributed by atoms with Crippen LogP contribution >= 0.6 is 0 Å². The number of nitrogens with zero attached hydrogens (tertiary/aromatic N) is 1. The second kappa shape index (κ2) is 2.23. The number of nitrogen functional groups attached to an aromatic ring is 1. The van der Waals surface area contributed by atoms with Crippen molar-refractivity contribution in [3.05, 3.63) is 36.5 Å². The topological polar surface area (TPSA) is 38.9 Å². The first-order valence-electron chi connectivity index (χ1n) is 5.99. The van der Waals surface area contributed by atoms with Gasteiger partial charge in [0.2, 0.25) is 0 Å². The van der Waals surface area contributed by atoms with E-state index in [-0.39, 0.29) is 40.8 Å². The van der Waals surface area contributed by atoms with E-state index in [1.165, 1.54) is 0 Å². The van der Waals surface area contributed by atoms with Gasteiger partial charge in [0.1, 0.15) is 0 Å². The highest BCUT2D eigenvalue weighted by molar-refractivity contribution is 5.91. The summed E-state index contributed by atoms with van der Waals surface area (Å²) in [5.74, 6) is 0. The maximum atomic E-state index is 7.68. The van der Waals surface area contributed by atoms with Gasteiger partial charge in [-0.1, -0.05) is 12.1 Å². The predicted octanol–water partition coefficient (Wildman–Crippen LogP) is 1.82. The van der Waals surface area contributed by atoms with Crippen LogP contribution in [-0.4, -0.2) is 4.98 Å². The number of aromatic nitrogens is 1. The number of hydrogen-bond donors (Lipinski definition) is 1. The first-order valence-corrected chi connectivity index (χ1v) is 2.99. The summed E-state index contributed by atoms with van der Waals surface area (Å²) >= 11 is 0. The fourth-order valence-electron chi connectivity index (χ4n) is 0.798. The van der Waals surface area contributed by atoms with Gasteiger partial charge >= 0.3 is 0 Å². The van der Waals surface area contributed by atoms with Crippen molar-refractivity contribution in [2.24, 2.45) is 0 Å². The van der Waals surface area contributed by atoms with Gasteiger partial charge in [-0.25, -0.2) is 0 Å². The molecule has 54 valence electrons. The zero-order valence-corrected chi connectivity index (χ0v) is 5.52. The van der Waals surface area contributed by atoms with Gasteiger partial charge in [0, 0.05) is 23.4 Å². The number of hydrogen-bond acceptors (Lipinski definition) is 2. The maximum Gasteiger partial charge on any atom is 0.0847 e. The normalized spacial score (nSPS) is 17.8. The molecule has 0 spiro atoms. The minimum atomic E-state index is -0.437. The van der Waals surface area contributed by atoms with E-state index in [1.807, 2.05) is 0 Å². The van der Waals surface area contributed by atoms with Crippen molar-refractivity contribution in [3.8, 4) is 0 Å². The molecule has 11 heavy (non-hydrogen) atoms. The van der Waals surface area contributed by atoms with Crippen LogP contribution in [0.4, 0.5) is 5.69 Å².